The number of furan rings is 1. The number of nitrogens with zero attached hydrogens (tertiary/aromatic N) is 1. The molecule has 2 rings (SSSR count). The van der Waals surface area contributed by atoms with E-state index in [2.05, 4.69) is 0 Å². The SMILES string of the molecule is Cc1oc(C(=O)O)cc1S(=O)(=O)N1CCSC(C)C1. The van der Waals surface area contributed by atoms with Gasteiger partial charge in [-0.05, 0) is 6.92 Å². The molecule has 1 saturated heterocycles. The molecule has 1 aliphatic rings. The highest BCUT2D eigenvalue weighted by atomic mass is 32.2. The van der Waals surface area contributed by atoms with Crippen LogP contribution in [0.25, 0.3) is 0 Å². The van der Waals surface area contributed by atoms with Crippen LogP contribution in [0.4, 0.5) is 0 Å². The van der Waals surface area contributed by atoms with Crippen LogP contribution in [0.5, 0.6) is 0 Å². The quantitative estimate of drug-likeness (QED) is 0.908. The van der Waals surface area contributed by atoms with Crippen molar-refractivity contribution in [2.24, 2.45) is 0 Å². The maximum absolute atomic E-state index is 12.5. The first-order valence-corrected chi connectivity index (χ1v) is 8.26. The average Bonchev–Trinajstić information content (AvgIpc) is 2.72. The Kier molecular flexibility index (Phi) is 3.93. The van der Waals surface area contributed by atoms with Gasteiger partial charge < -0.3 is 9.52 Å². The number of hydrogen-bond acceptors (Lipinski definition) is 5. The number of rotatable bonds is 3. The van der Waals surface area contributed by atoms with Gasteiger partial charge in [-0.1, -0.05) is 6.92 Å². The first kappa shape index (κ1) is 14.4. The monoisotopic (exact) mass is 305 g/mol. The molecular weight excluding hydrogens is 290 g/mol. The Bertz CT molecular complexity index is 592. The second-order valence-electron chi connectivity index (χ2n) is 4.38. The van der Waals surface area contributed by atoms with Crippen LogP contribution in [0.15, 0.2) is 15.4 Å². The summed E-state index contributed by atoms with van der Waals surface area (Å²) in [7, 11) is -3.68. The number of carboxylic acids is 1. The lowest BCUT2D eigenvalue weighted by atomic mass is 10.4. The molecule has 0 amide bonds. The molecule has 1 aromatic heterocycles. The van der Waals surface area contributed by atoms with Gasteiger partial charge in [0.1, 0.15) is 10.7 Å². The van der Waals surface area contributed by atoms with Crippen LogP contribution in [-0.4, -0.2) is 47.9 Å². The molecule has 0 saturated carbocycles. The lowest BCUT2D eigenvalue weighted by molar-refractivity contribution is 0.0661. The molecule has 0 aromatic carbocycles. The highest BCUT2D eigenvalue weighted by molar-refractivity contribution is 8.00. The fourth-order valence-corrected chi connectivity index (χ4v) is 4.88. The summed E-state index contributed by atoms with van der Waals surface area (Å²) >= 11 is 1.72. The van der Waals surface area contributed by atoms with E-state index in [1.54, 1.807) is 11.8 Å². The van der Waals surface area contributed by atoms with Gasteiger partial charge in [0.2, 0.25) is 15.8 Å². The average molecular weight is 305 g/mol. The van der Waals surface area contributed by atoms with Gasteiger partial charge in [-0.15, -0.1) is 0 Å². The van der Waals surface area contributed by atoms with E-state index in [-0.39, 0.29) is 21.7 Å². The second kappa shape index (κ2) is 5.18. The second-order valence-corrected chi connectivity index (χ2v) is 7.83. The van der Waals surface area contributed by atoms with Gasteiger partial charge >= 0.3 is 5.97 Å². The molecule has 0 aliphatic carbocycles. The van der Waals surface area contributed by atoms with E-state index >= 15 is 0 Å². The van der Waals surface area contributed by atoms with Gasteiger partial charge in [0, 0.05) is 30.2 Å². The number of aromatic carboxylic acids is 1. The van der Waals surface area contributed by atoms with Crippen LogP contribution in [0.1, 0.15) is 23.2 Å². The van der Waals surface area contributed by atoms with E-state index in [0.717, 1.165) is 11.8 Å². The summed E-state index contributed by atoms with van der Waals surface area (Å²) in [5.74, 6) is -0.769. The summed E-state index contributed by atoms with van der Waals surface area (Å²) < 4.78 is 31.3. The maximum Gasteiger partial charge on any atom is 0.371 e. The minimum absolute atomic E-state index is 0.0519. The van der Waals surface area contributed by atoms with Crippen molar-refractivity contribution in [3.63, 3.8) is 0 Å². The molecule has 1 atom stereocenters. The molecule has 1 aromatic rings. The van der Waals surface area contributed by atoms with Crippen LogP contribution in [0, 0.1) is 6.92 Å². The predicted octanol–water partition coefficient (Wildman–Crippen LogP) is 1.41. The van der Waals surface area contributed by atoms with Crippen LogP contribution in [0.2, 0.25) is 0 Å². The highest BCUT2D eigenvalue weighted by Gasteiger charge is 2.32. The van der Waals surface area contributed by atoms with Crippen molar-refractivity contribution in [1.29, 1.82) is 0 Å². The molecule has 0 radical (unpaired) electrons. The van der Waals surface area contributed by atoms with Gasteiger partial charge in [0.15, 0.2) is 0 Å². The third kappa shape index (κ3) is 2.80. The van der Waals surface area contributed by atoms with Gasteiger partial charge in [0.05, 0.1) is 0 Å². The van der Waals surface area contributed by atoms with Crippen molar-refractivity contribution >= 4 is 27.8 Å². The standard InChI is InChI=1S/C11H15NO5S2/c1-7-6-12(3-4-18-7)19(15,16)10-5-9(11(13)14)17-8(10)2/h5,7H,3-4,6H2,1-2H3,(H,13,14). The summed E-state index contributed by atoms with van der Waals surface area (Å²) in [5, 5.41) is 9.07. The Labute approximate surface area is 115 Å². The molecular formula is C11H15NO5S2. The summed E-state index contributed by atoms with van der Waals surface area (Å²) in [6.45, 7) is 4.29. The van der Waals surface area contributed by atoms with Crippen molar-refractivity contribution in [1.82, 2.24) is 4.31 Å². The van der Waals surface area contributed by atoms with Crippen LogP contribution in [0.3, 0.4) is 0 Å². The molecule has 19 heavy (non-hydrogen) atoms. The zero-order chi connectivity index (χ0) is 14.2. The van der Waals surface area contributed by atoms with Gasteiger partial charge in [-0.2, -0.15) is 16.1 Å². The van der Waals surface area contributed by atoms with E-state index in [4.69, 9.17) is 9.52 Å². The number of hydrogen-bond donors (Lipinski definition) is 1. The normalized spacial score (nSPS) is 21.5. The summed E-state index contributed by atoms with van der Waals surface area (Å²) in [4.78, 5) is 10.8. The molecule has 1 N–H and O–H groups in total. The third-order valence-electron chi connectivity index (χ3n) is 2.90. The molecule has 8 heteroatoms. The molecule has 106 valence electrons. The number of aryl methyl sites for hydroxylation is 1. The van der Waals surface area contributed by atoms with Crippen molar-refractivity contribution in [3.8, 4) is 0 Å². The van der Waals surface area contributed by atoms with Gasteiger partial charge in [0.25, 0.3) is 0 Å². The van der Waals surface area contributed by atoms with Crippen molar-refractivity contribution < 1.29 is 22.7 Å². The van der Waals surface area contributed by atoms with Crippen molar-refractivity contribution in [3.05, 3.63) is 17.6 Å². The van der Waals surface area contributed by atoms with Crippen molar-refractivity contribution in [2.45, 2.75) is 24.0 Å². The van der Waals surface area contributed by atoms with Crippen molar-refractivity contribution in [2.75, 3.05) is 18.8 Å². The van der Waals surface area contributed by atoms with Crippen LogP contribution < -0.4 is 0 Å². The van der Waals surface area contributed by atoms with Crippen LogP contribution in [-0.2, 0) is 10.0 Å². The van der Waals surface area contributed by atoms with E-state index in [1.807, 2.05) is 6.92 Å². The summed E-state index contributed by atoms with van der Waals surface area (Å²) in [6, 6.07) is 1.08. The fraction of sp³-hybridized carbons (Fsp3) is 0.545. The zero-order valence-corrected chi connectivity index (χ0v) is 12.3. The summed E-state index contributed by atoms with van der Waals surface area (Å²) in [6.07, 6.45) is 0. The van der Waals surface area contributed by atoms with E-state index in [0.29, 0.717) is 13.1 Å². The molecule has 0 bridgehead atoms. The number of thioether (sulfide) groups is 1. The lowest BCUT2D eigenvalue weighted by Gasteiger charge is -2.29. The smallest absolute Gasteiger partial charge is 0.371 e. The molecule has 1 unspecified atom stereocenters. The minimum Gasteiger partial charge on any atom is -0.475 e. The zero-order valence-electron chi connectivity index (χ0n) is 10.6. The third-order valence-corrected chi connectivity index (χ3v) is 6.01. The predicted molar refractivity (Wildman–Crippen MR) is 71.1 cm³/mol. The van der Waals surface area contributed by atoms with E-state index < -0.39 is 16.0 Å². The Morgan fingerprint density at radius 2 is 2.26 bits per heavy atom. The Morgan fingerprint density at radius 3 is 2.79 bits per heavy atom. The fourth-order valence-electron chi connectivity index (χ4n) is 1.97. The molecule has 0 spiro atoms. The molecule has 6 nitrogen and oxygen atoms in total. The van der Waals surface area contributed by atoms with E-state index in [9.17, 15) is 13.2 Å². The molecule has 1 aliphatic heterocycles. The molecule has 2 heterocycles. The lowest BCUT2D eigenvalue weighted by Crippen LogP contribution is -2.41. The minimum atomic E-state index is -3.68. The first-order valence-electron chi connectivity index (χ1n) is 5.78. The number of sulfonamides is 1. The first-order chi connectivity index (χ1) is 8.82. The van der Waals surface area contributed by atoms with Gasteiger partial charge in [-0.25, -0.2) is 13.2 Å². The van der Waals surface area contributed by atoms with Gasteiger partial charge in [-0.3, -0.25) is 0 Å². The van der Waals surface area contributed by atoms with E-state index in [1.165, 1.54) is 11.2 Å². The van der Waals surface area contributed by atoms with Crippen LogP contribution >= 0.6 is 11.8 Å². The Hall–Kier alpha value is -0.990. The number of carbonyl (C=O) groups is 1. The topological polar surface area (TPSA) is 87.8 Å². The Morgan fingerprint density at radius 1 is 1.58 bits per heavy atom. The maximum atomic E-state index is 12.5. The number of carboxylic acid groups (broad SMARTS) is 1. The highest BCUT2D eigenvalue weighted by Crippen LogP contribution is 2.27. The molecule has 1 fully saturated rings. The Balaban J connectivity index is 2.36. The largest absolute Gasteiger partial charge is 0.475 e. The summed E-state index contributed by atoms with van der Waals surface area (Å²) in [5.41, 5.74) is 0.